The van der Waals surface area contributed by atoms with Crippen molar-refractivity contribution in [2.45, 2.75) is 6.42 Å². The molecule has 180 valence electrons. The smallest absolute Gasteiger partial charge is 0.291 e. The van der Waals surface area contributed by atoms with E-state index in [0.717, 1.165) is 50.6 Å². The van der Waals surface area contributed by atoms with E-state index in [2.05, 4.69) is 20.4 Å². The molecule has 0 radical (unpaired) electrons. The van der Waals surface area contributed by atoms with Gasteiger partial charge in [0.25, 0.3) is 11.8 Å². The molecule has 1 fully saturated rings. The molecule has 0 bridgehead atoms. The third-order valence-corrected chi connectivity index (χ3v) is 6.58. The Labute approximate surface area is 203 Å². The van der Waals surface area contributed by atoms with Crippen LogP contribution in [-0.2, 0) is 9.53 Å². The minimum atomic E-state index is -0.354. The van der Waals surface area contributed by atoms with Crippen LogP contribution < -0.4 is 15.5 Å². The summed E-state index contributed by atoms with van der Waals surface area (Å²) in [6, 6.07) is 13.6. The lowest BCUT2D eigenvalue weighted by atomic mass is 10.1. The molecule has 0 aliphatic carbocycles. The zero-order valence-corrected chi connectivity index (χ0v) is 19.8. The summed E-state index contributed by atoms with van der Waals surface area (Å²) < 4.78 is 18.5. The fourth-order valence-corrected chi connectivity index (χ4v) is 4.57. The average Bonchev–Trinajstić information content (AvgIpc) is 2.88. The molecule has 0 saturated carbocycles. The molecule has 1 saturated heterocycles. The van der Waals surface area contributed by atoms with E-state index in [-0.39, 0.29) is 23.4 Å². The van der Waals surface area contributed by atoms with Gasteiger partial charge in [-0.3, -0.25) is 14.5 Å². The fraction of sp³-hybridized carbons (Fsp3) is 0.360. The number of carbonyl (C=O) groups is 2. The van der Waals surface area contributed by atoms with Crippen LogP contribution in [0.15, 0.2) is 59.7 Å². The van der Waals surface area contributed by atoms with Gasteiger partial charge in [0.05, 0.1) is 17.9 Å². The van der Waals surface area contributed by atoms with E-state index in [1.165, 1.54) is 23.9 Å². The Morgan fingerprint density at radius 2 is 1.76 bits per heavy atom. The summed E-state index contributed by atoms with van der Waals surface area (Å²) in [6.45, 7) is 5.57. The summed E-state index contributed by atoms with van der Waals surface area (Å²) in [4.78, 5) is 29.8. The minimum Gasteiger partial charge on any atom is -0.487 e. The maximum absolute atomic E-state index is 13.1. The second-order valence-corrected chi connectivity index (χ2v) is 9.09. The van der Waals surface area contributed by atoms with Gasteiger partial charge >= 0.3 is 0 Å². The molecule has 2 aromatic carbocycles. The van der Waals surface area contributed by atoms with Crippen LogP contribution in [0.3, 0.4) is 0 Å². The number of anilines is 2. The molecule has 0 atom stereocenters. The Kier molecular flexibility index (Phi) is 8.43. The van der Waals surface area contributed by atoms with Crippen molar-refractivity contribution < 1.29 is 18.7 Å². The van der Waals surface area contributed by atoms with Gasteiger partial charge in [-0.1, -0.05) is 12.1 Å². The molecule has 0 unspecified atom stereocenters. The molecule has 0 aromatic heterocycles. The maximum Gasteiger partial charge on any atom is 0.291 e. The summed E-state index contributed by atoms with van der Waals surface area (Å²) in [6.07, 6.45) is 0.828. The highest BCUT2D eigenvalue weighted by molar-refractivity contribution is 8.02. The lowest BCUT2D eigenvalue weighted by molar-refractivity contribution is -0.116. The van der Waals surface area contributed by atoms with Gasteiger partial charge in [-0.15, -0.1) is 11.8 Å². The van der Waals surface area contributed by atoms with Crippen LogP contribution in [0.25, 0.3) is 0 Å². The number of carbonyl (C=O) groups excluding carboxylic acids is 2. The Morgan fingerprint density at radius 1 is 1.00 bits per heavy atom. The first-order valence-electron chi connectivity index (χ1n) is 11.5. The molecule has 4 rings (SSSR count). The molecule has 2 N–H and O–H groups in total. The molecule has 2 aromatic rings. The zero-order chi connectivity index (χ0) is 23.8. The lowest BCUT2D eigenvalue weighted by Crippen LogP contribution is -2.47. The van der Waals surface area contributed by atoms with E-state index in [1.807, 2.05) is 12.1 Å². The Bertz CT molecular complexity index is 1020. The molecule has 2 heterocycles. The largest absolute Gasteiger partial charge is 0.487 e. The van der Waals surface area contributed by atoms with Crippen molar-refractivity contribution in [1.82, 2.24) is 10.2 Å². The number of para-hydroxylation sites is 1. The standard InChI is InChI=1S/C25H29FN4O3S/c26-19-6-8-20(9-7-19)30-14-12-29(13-15-30)11-3-10-27-24(31)21-4-1-2-5-22(21)28-25(32)23-18-34-17-16-33-23/h1-2,4-9,18H,3,10-17H2,(H,27,31)(H,28,32). The van der Waals surface area contributed by atoms with Crippen LogP contribution >= 0.6 is 11.8 Å². The molecular formula is C25H29FN4O3S. The first-order chi connectivity index (χ1) is 16.6. The molecule has 2 amide bonds. The zero-order valence-electron chi connectivity index (χ0n) is 19.0. The molecule has 0 spiro atoms. The van der Waals surface area contributed by atoms with Crippen molar-refractivity contribution in [2.75, 3.05) is 61.8 Å². The number of nitrogens with zero attached hydrogens (tertiary/aromatic N) is 2. The van der Waals surface area contributed by atoms with Crippen molar-refractivity contribution in [2.24, 2.45) is 0 Å². The minimum absolute atomic E-state index is 0.218. The lowest BCUT2D eigenvalue weighted by Gasteiger charge is -2.36. The highest BCUT2D eigenvalue weighted by Crippen LogP contribution is 2.20. The predicted molar refractivity (Wildman–Crippen MR) is 134 cm³/mol. The number of piperazine rings is 1. The molecule has 2 aliphatic rings. The van der Waals surface area contributed by atoms with E-state index in [4.69, 9.17) is 4.74 Å². The fourth-order valence-electron chi connectivity index (χ4n) is 3.94. The first-order valence-corrected chi connectivity index (χ1v) is 12.5. The van der Waals surface area contributed by atoms with Crippen molar-refractivity contribution in [1.29, 1.82) is 0 Å². The van der Waals surface area contributed by atoms with Crippen molar-refractivity contribution in [3.05, 3.63) is 71.1 Å². The summed E-state index contributed by atoms with van der Waals surface area (Å²) >= 11 is 1.53. The van der Waals surface area contributed by atoms with E-state index >= 15 is 0 Å². The normalized spacial score (nSPS) is 16.4. The highest BCUT2D eigenvalue weighted by Gasteiger charge is 2.19. The summed E-state index contributed by atoms with van der Waals surface area (Å²) in [5, 5.41) is 7.44. The van der Waals surface area contributed by atoms with Gasteiger partial charge in [0, 0.05) is 49.6 Å². The van der Waals surface area contributed by atoms with E-state index in [0.29, 0.717) is 24.4 Å². The third kappa shape index (κ3) is 6.51. The maximum atomic E-state index is 13.1. The number of ether oxygens (including phenoxy) is 1. The van der Waals surface area contributed by atoms with Crippen LogP contribution in [0.4, 0.5) is 15.8 Å². The summed E-state index contributed by atoms with van der Waals surface area (Å²) in [7, 11) is 0. The van der Waals surface area contributed by atoms with Gasteiger partial charge in [0.2, 0.25) is 0 Å². The molecular weight excluding hydrogens is 455 g/mol. The van der Waals surface area contributed by atoms with Gasteiger partial charge in [-0.05, 0) is 49.4 Å². The van der Waals surface area contributed by atoms with Crippen LogP contribution in [0, 0.1) is 5.82 Å². The van der Waals surface area contributed by atoms with E-state index < -0.39 is 0 Å². The third-order valence-electron chi connectivity index (χ3n) is 5.79. The van der Waals surface area contributed by atoms with Gasteiger partial charge in [0.1, 0.15) is 5.82 Å². The number of halogens is 1. The second-order valence-electron chi connectivity index (χ2n) is 8.12. The molecule has 34 heavy (non-hydrogen) atoms. The van der Waals surface area contributed by atoms with Gasteiger partial charge in [-0.25, -0.2) is 4.39 Å². The number of benzene rings is 2. The molecule has 2 aliphatic heterocycles. The number of nitrogens with one attached hydrogen (secondary N) is 2. The molecule has 7 nitrogen and oxygen atoms in total. The number of hydrogen-bond acceptors (Lipinski definition) is 6. The Balaban J connectivity index is 1.20. The number of amides is 2. The SMILES string of the molecule is O=C(Nc1ccccc1C(=O)NCCCN1CCN(c2ccc(F)cc2)CC1)C1=CSCCO1. The van der Waals surface area contributed by atoms with Gasteiger partial charge in [0.15, 0.2) is 5.76 Å². The van der Waals surface area contributed by atoms with Crippen LogP contribution in [0.1, 0.15) is 16.8 Å². The van der Waals surface area contributed by atoms with Crippen LogP contribution in [-0.4, -0.2) is 68.3 Å². The van der Waals surface area contributed by atoms with Crippen LogP contribution in [0.5, 0.6) is 0 Å². The summed E-state index contributed by atoms with van der Waals surface area (Å²) in [5.41, 5.74) is 1.93. The number of rotatable bonds is 8. The van der Waals surface area contributed by atoms with Gasteiger partial charge < -0.3 is 20.3 Å². The number of thioether (sulfide) groups is 1. The van der Waals surface area contributed by atoms with E-state index in [9.17, 15) is 14.0 Å². The second kappa shape index (κ2) is 11.9. The van der Waals surface area contributed by atoms with Crippen molar-refractivity contribution >= 4 is 35.0 Å². The van der Waals surface area contributed by atoms with Crippen LogP contribution in [0.2, 0.25) is 0 Å². The number of hydrogen-bond donors (Lipinski definition) is 2. The summed E-state index contributed by atoms with van der Waals surface area (Å²) in [5.74, 6) is 0.298. The molecule has 9 heteroatoms. The first kappa shape index (κ1) is 24.1. The Hall–Kier alpha value is -3.04. The quantitative estimate of drug-likeness (QED) is 0.560. The predicted octanol–water partition coefficient (Wildman–Crippen LogP) is 3.31. The Morgan fingerprint density at radius 3 is 2.50 bits per heavy atom. The van der Waals surface area contributed by atoms with E-state index in [1.54, 1.807) is 29.7 Å². The van der Waals surface area contributed by atoms with Crippen molar-refractivity contribution in [3.8, 4) is 0 Å². The average molecular weight is 485 g/mol. The topological polar surface area (TPSA) is 73.9 Å². The van der Waals surface area contributed by atoms with Crippen molar-refractivity contribution in [3.63, 3.8) is 0 Å². The van der Waals surface area contributed by atoms with Gasteiger partial charge in [-0.2, -0.15) is 0 Å². The highest BCUT2D eigenvalue weighted by atomic mass is 32.2. The monoisotopic (exact) mass is 484 g/mol.